The molecule has 20 heavy (non-hydrogen) atoms. The van der Waals surface area contributed by atoms with Crippen LogP contribution in [0.25, 0.3) is 0 Å². The molecule has 0 spiro atoms. The molecule has 0 saturated heterocycles. The average Bonchev–Trinajstić information content (AvgIpc) is 2.74. The number of nitrogens with one attached hydrogen (secondary N) is 1. The van der Waals surface area contributed by atoms with Crippen LogP contribution in [-0.2, 0) is 0 Å². The summed E-state index contributed by atoms with van der Waals surface area (Å²) in [5.74, 6) is 0.101. The second-order valence-corrected chi connectivity index (χ2v) is 6.12. The highest BCUT2D eigenvalue weighted by molar-refractivity contribution is 7.16. The summed E-state index contributed by atoms with van der Waals surface area (Å²) in [6.07, 6.45) is 0. The molecule has 1 atom stereocenters. The Kier molecular flexibility index (Phi) is 4.42. The molecule has 0 fully saturated rings. The molecule has 0 bridgehead atoms. The minimum Gasteiger partial charge on any atom is -0.357 e. The lowest BCUT2D eigenvalue weighted by Crippen LogP contribution is -2.10. The number of hydrogen-bond acceptors (Lipinski definition) is 6. The van der Waals surface area contributed by atoms with Crippen LogP contribution in [-0.4, -0.2) is 14.9 Å². The fraction of sp³-hybridized carbons (Fsp3) is 0.273. The van der Waals surface area contributed by atoms with Crippen LogP contribution in [0.2, 0.25) is 9.62 Å². The van der Waals surface area contributed by atoms with Crippen LogP contribution in [0.4, 0.5) is 11.5 Å². The summed E-state index contributed by atoms with van der Waals surface area (Å²) >= 11 is 13.0. The van der Waals surface area contributed by atoms with E-state index in [9.17, 15) is 10.1 Å². The first-order valence-corrected chi connectivity index (χ1v) is 7.16. The van der Waals surface area contributed by atoms with Gasteiger partial charge in [0.25, 0.3) is 0 Å². The zero-order chi connectivity index (χ0) is 14.9. The van der Waals surface area contributed by atoms with E-state index in [4.69, 9.17) is 23.2 Å². The van der Waals surface area contributed by atoms with E-state index in [1.807, 2.05) is 13.0 Å². The van der Waals surface area contributed by atoms with Crippen molar-refractivity contribution < 1.29 is 4.92 Å². The van der Waals surface area contributed by atoms with E-state index in [1.54, 1.807) is 6.07 Å². The standard InChI is InChI=1S/C11H10Cl2N4O2S/c1-5(7-3-4-8(12)20-7)14-10-9(17(18)19)6(2)15-11(13)16-10/h3-5H,1-2H3,(H,14,15,16). The van der Waals surface area contributed by atoms with Crippen molar-refractivity contribution in [1.82, 2.24) is 9.97 Å². The third-order valence-corrected chi connectivity index (χ3v) is 4.17. The molecule has 2 heterocycles. The molecule has 2 aromatic rings. The third-order valence-electron chi connectivity index (χ3n) is 2.59. The fourth-order valence-electron chi connectivity index (χ4n) is 1.69. The summed E-state index contributed by atoms with van der Waals surface area (Å²) in [5.41, 5.74) is 0.0396. The molecule has 0 amide bonds. The molecular weight excluding hydrogens is 323 g/mol. The number of aryl methyl sites for hydroxylation is 1. The van der Waals surface area contributed by atoms with Crippen LogP contribution in [0, 0.1) is 17.0 Å². The normalized spacial score (nSPS) is 12.2. The van der Waals surface area contributed by atoms with E-state index in [2.05, 4.69) is 15.3 Å². The van der Waals surface area contributed by atoms with Gasteiger partial charge in [0.2, 0.25) is 11.1 Å². The highest BCUT2D eigenvalue weighted by Gasteiger charge is 2.23. The van der Waals surface area contributed by atoms with Gasteiger partial charge in [-0.2, -0.15) is 4.98 Å². The van der Waals surface area contributed by atoms with Crippen molar-refractivity contribution in [2.45, 2.75) is 19.9 Å². The number of anilines is 1. The zero-order valence-corrected chi connectivity index (χ0v) is 12.9. The summed E-state index contributed by atoms with van der Waals surface area (Å²) in [5, 5.41) is 14.0. The van der Waals surface area contributed by atoms with Crippen molar-refractivity contribution in [3.63, 3.8) is 0 Å². The summed E-state index contributed by atoms with van der Waals surface area (Å²) in [6, 6.07) is 3.44. The van der Waals surface area contributed by atoms with E-state index in [1.165, 1.54) is 18.3 Å². The number of halogens is 2. The Morgan fingerprint density at radius 1 is 1.40 bits per heavy atom. The Balaban J connectivity index is 2.35. The Morgan fingerprint density at radius 2 is 2.10 bits per heavy atom. The lowest BCUT2D eigenvalue weighted by molar-refractivity contribution is -0.385. The van der Waals surface area contributed by atoms with Gasteiger partial charge in [-0.05, 0) is 37.6 Å². The highest BCUT2D eigenvalue weighted by Crippen LogP contribution is 2.32. The summed E-state index contributed by atoms with van der Waals surface area (Å²) < 4.78 is 0.653. The topological polar surface area (TPSA) is 81.0 Å². The highest BCUT2D eigenvalue weighted by atomic mass is 35.5. The monoisotopic (exact) mass is 332 g/mol. The molecule has 0 radical (unpaired) electrons. The van der Waals surface area contributed by atoms with Crippen molar-refractivity contribution in [3.05, 3.63) is 42.4 Å². The van der Waals surface area contributed by atoms with Crippen LogP contribution < -0.4 is 5.32 Å². The molecule has 0 saturated carbocycles. The fourth-order valence-corrected chi connectivity index (χ4v) is 2.96. The van der Waals surface area contributed by atoms with Crippen molar-refractivity contribution in [1.29, 1.82) is 0 Å². The predicted molar refractivity (Wildman–Crippen MR) is 79.8 cm³/mol. The van der Waals surface area contributed by atoms with Crippen molar-refractivity contribution >= 4 is 46.0 Å². The molecule has 9 heteroatoms. The van der Waals surface area contributed by atoms with Crippen LogP contribution in [0.3, 0.4) is 0 Å². The van der Waals surface area contributed by atoms with Crippen LogP contribution in [0.5, 0.6) is 0 Å². The van der Waals surface area contributed by atoms with E-state index in [-0.39, 0.29) is 28.5 Å². The Morgan fingerprint density at radius 3 is 2.65 bits per heavy atom. The van der Waals surface area contributed by atoms with Gasteiger partial charge in [0.1, 0.15) is 5.69 Å². The molecule has 0 aliphatic heterocycles. The van der Waals surface area contributed by atoms with Gasteiger partial charge in [-0.25, -0.2) is 4.98 Å². The van der Waals surface area contributed by atoms with Crippen molar-refractivity contribution in [2.24, 2.45) is 0 Å². The van der Waals surface area contributed by atoms with Gasteiger partial charge in [-0.3, -0.25) is 10.1 Å². The van der Waals surface area contributed by atoms with Gasteiger partial charge < -0.3 is 5.32 Å². The van der Waals surface area contributed by atoms with Gasteiger partial charge >= 0.3 is 5.69 Å². The maximum absolute atomic E-state index is 11.1. The average molecular weight is 333 g/mol. The van der Waals surface area contributed by atoms with Crippen LogP contribution in [0.15, 0.2) is 12.1 Å². The van der Waals surface area contributed by atoms with Crippen molar-refractivity contribution in [3.8, 4) is 0 Å². The first kappa shape index (κ1) is 15.0. The zero-order valence-electron chi connectivity index (χ0n) is 10.6. The number of thiophene rings is 1. The second-order valence-electron chi connectivity index (χ2n) is 4.04. The molecule has 0 aliphatic carbocycles. The first-order chi connectivity index (χ1) is 9.38. The number of nitro groups is 1. The lowest BCUT2D eigenvalue weighted by Gasteiger charge is -2.13. The van der Waals surface area contributed by atoms with Gasteiger partial charge in [-0.15, -0.1) is 11.3 Å². The summed E-state index contributed by atoms with van der Waals surface area (Å²) in [7, 11) is 0. The van der Waals surface area contributed by atoms with Crippen molar-refractivity contribution in [2.75, 3.05) is 5.32 Å². The maximum Gasteiger partial charge on any atom is 0.332 e. The largest absolute Gasteiger partial charge is 0.357 e. The summed E-state index contributed by atoms with van der Waals surface area (Å²) in [6.45, 7) is 3.38. The Hall–Kier alpha value is -1.44. The molecule has 1 N–H and O–H groups in total. The number of rotatable bonds is 4. The van der Waals surface area contributed by atoms with E-state index < -0.39 is 4.92 Å². The molecule has 106 valence electrons. The Bertz CT molecular complexity index is 662. The summed E-state index contributed by atoms with van der Waals surface area (Å²) in [4.78, 5) is 19.2. The third kappa shape index (κ3) is 3.17. The first-order valence-electron chi connectivity index (χ1n) is 5.58. The minimum atomic E-state index is -0.526. The van der Waals surface area contributed by atoms with E-state index in [0.29, 0.717) is 4.34 Å². The maximum atomic E-state index is 11.1. The Labute approximate surface area is 128 Å². The van der Waals surface area contributed by atoms with Gasteiger partial charge in [0.05, 0.1) is 15.3 Å². The molecule has 2 aromatic heterocycles. The molecule has 0 aromatic carbocycles. The lowest BCUT2D eigenvalue weighted by atomic mass is 10.2. The molecule has 0 aliphatic rings. The number of hydrogen-bond donors (Lipinski definition) is 1. The molecular formula is C11H10Cl2N4O2S. The molecule has 1 unspecified atom stereocenters. The second kappa shape index (κ2) is 5.90. The predicted octanol–water partition coefficient (Wildman–Crippen LogP) is 4.23. The SMILES string of the molecule is Cc1nc(Cl)nc(NC(C)c2ccc(Cl)s2)c1[N+](=O)[O-]. The van der Waals surface area contributed by atoms with Gasteiger partial charge in [0.15, 0.2) is 0 Å². The number of nitrogens with zero attached hydrogens (tertiary/aromatic N) is 3. The van der Waals surface area contributed by atoms with Gasteiger partial charge in [0, 0.05) is 4.88 Å². The van der Waals surface area contributed by atoms with Gasteiger partial charge in [-0.1, -0.05) is 11.6 Å². The van der Waals surface area contributed by atoms with Crippen LogP contribution >= 0.6 is 34.5 Å². The van der Waals surface area contributed by atoms with Crippen LogP contribution in [0.1, 0.15) is 23.5 Å². The smallest absolute Gasteiger partial charge is 0.332 e. The minimum absolute atomic E-state index is 0.0352. The quantitative estimate of drug-likeness (QED) is 0.514. The van der Waals surface area contributed by atoms with E-state index >= 15 is 0 Å². The van der Waals surface area contributed by atoms with E-state index in [0.717, 1.165) is 4.88 Å². The molecule has 6 nitrogen and oxygen atoms in total. The molecule has 2 rings (SSSR count). The number of aromatic nitrogens is 2.